The minimum atomic E-state index is -4.38. The maximum atomic E-state index is 12.4. The highest BCUT2D eigenvalue weighted by Crippen LogP contribution is 2.36. The van der Waals surface area contributed by atoms with E-state index in [1.807, 2.05) is 0 Å². The van der Waals surface area contributed by atoms with E-state index in [2.05, 4.69) is 0 Å². The lowest BCUT2D eigenvalue weighted by Crippen LogP contribution is -2.60. The zero-order valence-corrected chi connectivity index (χ0v) is 9.25. The SMILES string of the molecule is CC1(O)CN(c2ccc(C(F)(F)F)cc2N)C1. The van der Waals surface area contributed by atoms with Crippen molar-refractivity contribution < 1.29 is 18.3 Å². The molecule has 0 radical (unpaired) electrons. The second kappa shape index (κ2) is 3.53. The first-order chi connectivity index (χ1) is 7.69. The van der Waals surface area contributed by atoms with Crippen molar-refractivity contribution in [3.05, 3.63) is 23.8 Å². The Labute approximate surface area is 96.6 Å². The molecule has 1 aliphatic rings. The maximum Gasteiger partial charge on any atom is 0.416 e. The van der Waals surface area contributed by atoms with Gasteiger partial charge in [-0.05, 0) is 25.1 Å². The van der Waals surface area contributed by atoms with Crippen LogP contribution in [-0.4, -0.2) is 23.8 Å². The number of hydrogen-bond donors (Lipinski definition) is 2. The molecule has 1 heterocycles. The van der Waals surface area contributed by atoms with E-state index >= 15 is 0 Å². The van der Waals surface area contributed by atoms with E-state index in [-0.39, 0.29) is 5.69 Å². The lowest BCUT2D eigenvalue weighted by Gasteiger charge is -2.46. The van der Waals surface area contributed by atoms with Crippen molar-refractivity contribution >= 4 is 11.4 Å². The van der Waals surface area contributed by atoms with Crippen LogP contribution < -0.4 is 10.6 Å². The summed E-state index contributed by atoms with van der Waals surface area (Å²) in [5, 5.41) is 9.56. The standard InChI is InChI=1S/C11H13F3N2O/c1-10(17)5-16(6-10)9-3-2-7(4-8(9)15)11(12,13)14/h2-4,17H,5-6,15H2,1H3. The van der Waals surface area contributed by atoms with Crippen LogP contribution in [0.15, 0.2) is 18.2 Å². The molecule has 94 valence electrons. The smallest absolute Gasteiger partial charge is 0.397 e. The van der Waals surface area contributed by atoms with Crippen molar-refractivity contribution in [2.75, 3.05) is 23.7 Å². The highest BCUT2D eigenvalue weighted by molar-refractivity contribution is 5.70. The molecule has 3 N–H and O–H groups in total. The van der Waals surface area contributed by atoms with Gasteiger partial charge in [-0.1, -0.05) is 0 Å². The summed E-state index contributed by atoms with van der Waals surface area (Å²) in [6, 6.07) is 3.26. The van der Waals surface area contributed by atoms with E-state index < -0.39 is 17.3 Å². The summed E-state index contributed by atoms with van der Waals surface area (Å²) in [5.74, 6) is 0. The van der Waals surface area contributed by atoms with Gasteiger partial charge in [-0.15, -0.1) is 0 Å². The Morgan fingerprint density at radius 2 is 1.94 bits per heavy atom. The van der Waals surface area contributed by atoms with Gasteiger partial charge in [0.2, 0.25) is 0 Å². The normalized spacial score (nSPS) is 19.0. The molecule has 1 fully saturated rings. The van der Waals surface area contributed by atoms with Gasteiger partial charge in [-0.25, -0.2) is 0 Å². The number of alkyl halides is 3. The molecule has 0 spiro atoms. The van der Waals surface area contributed by atoms with Crippen LogP contribution in [-0.2, 0) is 6.18 Å². The molecule has 1 aliphatic heterocycles. The molecule has 0 aromatic heterocycles. The number of nitrogens with two attached hydrogens (primary N) is 1. The van der Waals surface area contributed by atoms with Crippen molar-refractivity contribution in [2.45, 2.75) is 18.7 Å². The van der Waals surface area contributed by atoms with Crippen molar-refractivity contribution in [3.8, 4) is 0 Å². The molecule has 1 saturated heterocycles. The molecule has 2 rings (SSSR count). The van der Waals surface area contributed by atoms with Crippen LogP contribution in [0.2, 0.25) is 0 Å². The Bertz CT molecular complexity index is 435. The number of halogens is 3. The molecule has 0 bridgehead atoms. The van der Waals surface area contributed by atoms with Crippen molar-refractivity contribution in [1.29, 1.82) is 0 Å². The van der Waals surface area contributed by atoms with Gasteiger partial charge in [0, 0.05) is 13.1 Å². The van der Waals surface area contributed by atoms with E-state index in [1.165, 1.54) is 6.07 Å². The summed E-state index contributed by atoms with van der Waals surface area (Å²) in [6.07, 6.45) is -4.38. The van der Waals surface area contributed by atoms with Crippen LogP contribution in [0.1, 0.15) is 12.5 Å². The minimum absolute atomic E-state index is 0.0790. The van der Waals surface area contributed by atoms with Crippen LogP contribution >= 0.6 is 0 Å². The summed E-state index contributed by atoms with van der Waals surface area (Å²) in [7, 11) is 0. The van der Waals surface area contributed by atoms with Gasteiger partial charge in [-0.2, -0.15) is 13.2 Å². The number of hydrogen-bond acceptors (Lipinski definition) is 3. The zero-order valence-electron chi connectivity index (χ0n) is 9.25. The molecule has 1 aromatic rings. The summed E-state index contributed by atoms with van der Waals surface area (Å²) in [5.41, 5.74) is 4.66. The number of β-amino-alcohol motifs (C(OH)–C–C–N with tert-alkyl or cyclic N) is 1. The fourth-order valence-corrected chi connectivity index (χ4v) is 1.97. The van der Waals surface area contributed by atoms with E-state index in [9.17, 15) is 18.3 Å². The molecule has 0 aliphatic carbocycles. The number of rotatable bonds is 1. The first-order valence-corrected chi connectivity index (χ1v) is 5.13. The Morgan fingerprint density at radius 1 is 1.35 bits per heavy atom. The Morgan fingerprint density at radius 3 is 2.35 bits per heavy atom. The molecule has 1 aromatic carbocycles. The van der Waals surface area contributed by atoms with Gasteiger partial charge in [0.25, 0.3) is 0 Å². The number of nitrogen functional groups attached to an aromatic ring is 1. The molecule has 0 saturated carbocycles. The predicted molar refractivity (Wildman–Crippen MR) is 58.7 cm³/mol. The molecular formula is C11H13F3N2O. The van der Waals surface area contributed by atoms with Crippen LogP contribution in [0, 0.1) is 0 Å². The van der Waals surface area contributed by atoms with Gasteiger partial charge < -0.3 is 15.7 Å². The monoisotopic (exact) mass is 246 g/mol. The molecular weight excluding hydrogens is 233 g/mol. The first kappa shape index (κ1) is 12.0. The zero-order chi connectivity index (χ0) is 12.8. The lowest BCUT2D eigenvalue weighted by atomic mass is 9.95. The summed E-state index contributed by atoms with van der Waals surface area (Å²) in [4.78, 5) is 1.75. The molecule has 0 atom stereocenters. The average molecular weight is 246 g/mol. The first-order valence-electron chi connectivity index (χ1n) is 5.13. The fraction of sp³-hybridized carbons (Fsp3) is 0.455. The van der Waals surface area contributed by atoms with Crippen LogP contribution in [0.5, 0.6) is 0 Å². The lowest BCUT2D eigenvalue weighted by molar-refractivity contribution is -0.137. The number of anilines is 2. The predicted octanol–water partition coefficient (Wildman–Crippen LogP) is 1.86. The summed E-state index contributed by atoms with van der Waals surface area (Å²) < 4.78 is 37.2. The van der Waals surface area contributed by atoms with Crippen molar-refractivity contribution in [3.63, 3.8) is 0 Å². The topological polar surface area (TPSA) is 49.5 Å². The third kappa shape index (κ3) is 2.31. The average Bonchev–Trinajstić information content (AvgIpc) is 2.12. The highest BCUT2D eigenvalue weighted by atomic mass is 19.4. The van der Waals surface area contributed by atoms with Gasteiger partial charge in [0.1, 0.15) is 0 Å². The fourth-order valence-electron chi connectivity index (χ4n) is 1.97. The van der Waals surface area contributed by atoms with Gasteiger partial charge >= 0.3 is 6.18 Å². The molecule has 6 heteroatoms. The largest absolute Gasteiger partial charge is 0.416 e. The molecule has 3 nitrogen and oxygen atoms in total. The number of nitrogens with zero attached hydrogens (tertiary/aromatic N) is 1. The van der Waals surface area contributed by atoms with Crippen LogP contribution in [0.25, 0.3) is 0 Å². The summed E-state index contributed by atoms with van der Waals surface area (Å²) in [6.45, 7) is 2.43. The Hall–Kier alpha value is -1.43. The van der Waals surface area contributed by atoms with Crippen LogP contribution in [0.4, 0.5) is 24.5 Å². The van der Waals surface area contributed by atoms with Crippen molar-refractivity contribution in [1.82, 2.24) is 0 Å². The minimum Gasteiger partial charge on any atom is -0.397 e. The molecule has 0 amide bonds. The quantitative estimate of drug-likeness (QED) is 0.743. The highest BCUT2D eigenvalue weighted by Gasteiger charge is 2.38. The van der Waals surface area contributed by atoms with Crippen LogP contribution in [0.3, 0.4) is 0 Å². The Balaban J connectivity index is 2.22. The molecule has 17 heavy (non-hydrogen) atoms. The molecule has 0 unspecified atom stereocenters. The van der Waals surface area contributed by atoms with Gasteiger partial charge in [0.15, 0.2) is 0 Å². The second-order valence-corrected chi connectivity index (χ2v) is 4.62. The van der Waals surface area contributed by atoms with Gasteiger partial charge in [-0.3, -0.25) is 0 Å². The van der Waals surface area contributed by atoms with Gasteiger partial charge in [0.05, 0.1) is 22.5 Å². The van der Waals surface area contributed by atoms with Crippen molar-refractivity contribution in [2.24, 2.45) is 0 Å². The Kier molecular flexibility index (Phi) is 2.50. The second-order valence-electron chi connectivity index (χ2n) is 4.62. The number of aliphatic hydroxyl groups is 1. The van der Waals surface area contributed by atoms with E-state index in [1.54, 1.807) is 11.8 Å². The van der Waals surface area contributed by atoms with E-state index in [0.717, 1.165) is 12.1 Å². The third-order valence-corrected chi connectivity index (χ3v) is 2.76. The summed E-state index contributed by atoms with van der Waals surface area (Å²) >= 11 is 0. The maximum absolute atomic E-state index is 12.4. The van der Waals surface area contributed by atoms with E-state index in [4.69, 9.17) is 5.73 Å². The number of benzene rings is 1. The third-order valence-electron chi connectivity index (χ3n) is 2.76. The van der Waals surface area contributed by atoms with E-state index in [0.29, 0.717) is 18.8 Å².